The van der Waals surface area contributed by atoms with Crippen molar-refractivity contribution in [3.63, 3.8) is 0 Å². The van der Waals surface area contributed by atoms with Crippen molar-refractivity contribution < 1.29 is 23.4 Å². The highest BCUT2D eigenvalue weighted by molar-refractivity contribution is 7.89. The van der Waals surface area contributed by atoms with E-state index < -0.39 is 21.4 Å². The Balaban J connectivity index is 3.14. The zero-order chi connectivity index (χ0) is 15.7. The lowest BCUT2D eigenvalue weighted by atomic mass is 9.96. The van der Waals surface area contributed by atoms with Crippen molar-refractivity contribution >= 4 is 16.0 Å². The van der Waals surface area contributed by atoms with Gasteiger partial charge in [0.25, 0.3) is 0 Å². The van der Waals surface area contributed by atoms with Gasteiger partial charge in [-0.3, -0.25) is 0 Å². The predicted molar refractivity (Wildman–Crippen MR) is 73.3 cm³/mol. The van der Waals surface area contributed by atoms with Crippen LogP contribution in [0.2, 0.25) is 0 Å². The molecule has 4 N–H and O–H groups in total. The summed E-state index contributed by atoms with van der Waals surface area (Å²) in [6, 6.07) is 0. The van der Waals surface area contributed by atoms with Crippen LogP contribution in [0.4, 0.5) is 0 Å². The quantitative estimate of drug-likeness (QED) is 0.614. The van der Waals surface area contributed by atoms with Crippen LogP contribution in [0, 0.1) is 19.3 Å². The first kappa shape index (κ1) is 16.7. The van der Waals surface area contributed by atoms with Crippen LogP contribution in [0.3, 0.4) is 0 Å². The standard InChI is InChI=1S/C12H20N2O5S/c1-7-9(11(16)17)14-8(2)10(7)20(18,19)13-5-12(3,4)6-15/h13-15H,5-6H2,1-4H3,(H,16,17). The van der Waals surface area contributed by atoms with Crippen molar-refractivity contribution in [2.45, 2.75) is 32.6 Å². The van der Waals surface area contributed by atoms with E-state index in [1.807, 2.05) is 0 Å². The maximum absolute atomic E-state index is 12.3. The Morgan fingerprint density at radius 2 is 1.90 bits per heavy atom. The van der Waals surface area contributed by atoms with Gasteiger partial charge in [0.15, 0.2) is 0 Å². The topological polar surface area (TPSA) is 119 Å². The molecule has 0 aliphatic carbocycles. The number of rotatable bonds is 6. The number of hydrogen-bond acceptors (Lipinski definition) is 4. The van der Waals surface area contributed by atoms with Crippen molar-refractivity contribution in [1.29, 1.82) is 0 Å². The first-order valence-corrected chi connectivity index (χ1v) is 7.53. The number of carboxylic acids is 1. The highest BCUT2D eigenvalue weighted by Gasteiger charge is 2.28. The molecule has 0 saturated heterocycles. The number of hydrogen-bond donors (Lipinski definition) is 4. The minimum atomic E-state index is -3.83. The fourth-order valence-electron chi connectivity index (χ4n) is 1.77. The van der Waals surface area contributed by atoms with E-state index in [2.05, 4.69) is 9.71 Å². The van der Waals surface area contributed by atoms with Gasteiger partial charge < -0.3 is 15.2 Å². The second-order valence-corrected chi connectivity index (χ2v) is 7.23. The summed E-state index contributed by atoms with van der Waals surface area (Å²) in [5.41, 5.74) is -0.288. The maximum atomic E-state index is 12.3. The fraction of sp³-hybridized carbons (Fsp3) is 0.583. The van der Waals surface area contributed by atoms with Crippen molar-refractivity contribution in [2.24, 2.45) is 5.41 Å². The smallest absolute Gasteiger partial charge is 0.352 e. The first-order chi connectivity index (χ1) is 9.02. The van der Waals surface area contributed by atoms with E-state index in [0.29, 0.717) is 0 Å². The number of carboxylic acid groups (broad SMARTS) is 1. The summed E-state index contributed by atoms with van der Waals surface area (Å²) >= 11 is 0. The van der Waals surface area contributed by atoms with Crippen LogP contribution in [-0.4, -0.2) is 42.7 Å². The van der Waals surface area contributed by atoms with Crippen molar-refractivity contribution in [3.8, 4) is 0 Å². The summed E-state index contributed by atoms with van der Waals surface area (Å²) in [6.45, 7) is 6.27. The number of aromatic amines is 1. The molecule has 20 heavy (non-hydrogen) atoms. The molecule has 1 heterocycles. The average molecular weight is 304 g/mol. The van der Waals surface area contributed by atoms with Gasteiger partial charge in [0.05, 0.1) is 0 Å². The minimum absolute atomic E-state index is 0.0522. The Hall–Kier alpha value is -1.38. The van der Waals surface area contributed by atoms with E-state index >= 15 is 0 Å². The summed E-state index contributed by atoms with van der Waals surface area (Å²) in [5.74, 6) is -1.21. The third-order valence-electron chi connectivity index (χ3n) is 3.02. The van der Waals surface area contributed by atoms with E-state index in [1.165, 1.54) is 13.8 Å². The van der Waals surface area contributed by atoms with E-state index in [9.17, 15) is 13.2 Å². The fourth-order valence-corrected chi connectivity index (χ4v) is 3.45. The number of aromatic nitrogens is 1. The van der Waals surface area contributed by atoms with E-state index in [1.54, 1.807) is 13.8 Å². The zero-order valence-corrected chi connectivity index (χ0v) is 12.8. The lowest BCUT2D eigenvalue weighted by Gasteiger charge is -2.21. The van der Waals surface area contributed by atoms with Crippen LogP contribution >= 0.6 is 0 Å². The van der Waals surface area contributed by atoms with Gasteiger partial charge >= 0.3 is 5.97 Å². The molecule has 114 valence electrons. The zero-order valence-electron chi connectivity index (χ0n) is 11.9. The molecule has 8 heteroatoms. The van der Waals surface area contributed by atoms with Gasteiger partial charge in [-0.05, 0) is 13.8 Å². The van der Waals surface area contributed by atoms with Crippen LogP contribution < -0.4 is 4.72 Å². The molecule has 0 atom stereocenters. The van der Waals surface area contributed by atoms with E-state index in [-0.39, 0.29) is 35.0 Å². The molecular weight excluding hydrogens is 284 g/mol. The van der Waals surface area contributed by atoms with Gasteiger partial charge in [-0.1, -0.05) is 13.8 Å². The second-order valence-electron chi connectivity index (χ2n) is 5.53. The Labute approximate surface area is 118 Å². The number of aryl methyl sites for hydroxylation is 1. The van der Waals surface area contributed by atoms with Crippen LogP contribution in [0.15, 0.2) is 4.90 Å². The van der Waals surface area contributed by atoms with Crippen molar-refractivity contribution in [3.05, 3.63) is 17.0 Å². The largest absolute Gasteiger partial charge is 0.477 e. The van der Waals surface area contributed by atoms with Crippen molar-refractivity contribution in [1.82, 2.24) is 9.71 Å². The molecule has 1 rings (SSSR count). The molecule has 1 aromatic rings. The lowest BCUT2D eigenvalue weighted by molar-refractivity contribution is 0.0690. The number of aliphatic hydroxyl groups excluding tert-OH is 1. The molecule has 0 aliphatic rings. The third-order valence-corrected chi connectivity index (χ3v) is 4.69. The maximum Gasteiger partial charge on any atom is 0.352 e. The van der Waals surface area contributed by atoms with Gasteiger partial charge in [0, 0.05) is 29.8 Å². The van der Waals surface area contributed by atoms with Crippen LogP contribution in [0.25, 0.3) is 0 Å². The molecule has 0 amide bonds. The predicted octanol–water partition coefficient (Wildman–Crippen LogP) is 0.627. The van der Waals surface area contributed by atoms with E-state index in [0.717, 1.165) is 0 Å². The molecule has 0 saturated carbocycles. The van der Waals surface area contributed by atoms with Crippen LogP contribution in [0.1, 0.15) is 35.6 Å². The normalized spacial score (nSPS) is 12.7. The average Bonchev–Trinajstić information content (AvgIpc) is 2.63. The number of nitrogens with one attached hydrogen (secondary N) is 2. The Bertz CT molecular complexity index is 616. The lowest BCUT2D eigenvalue weighted by Crippen LogP contribution is -2.36. The molecule has 0 spiro atoms. The number of carbonyl (C=O) groups is 1. The number of aromatic carboxylic acids is 1. The van der Waals surface area contributed by atoms with Crippen LogP contribution in [-0.2, 0) is 10.0 Å². The van der Waals surface area contributed by atoms with Gasteiger partial charge in [-0.2, -0.15) is 0 Å². The molecule has 0 radical (unpaired) electrons. The number of sulfonamides is 1. The number of H-pyrrole nitrogens is 1. The minimum Gasteiger partial charge on any atom is -0.477 e. The highest BCUT2D eigenvalue weighted by atomic mass is 32.2. The summed E-state index contributed by atoms with van der Waals surface area (Å²) < 4.78 is 26.9. The summed E-state index contributed by atoms with van der Waals surface area (Å²) in [5, 5.41) is 18.1. The summed E-state index contributed by atoms with van der Waals surface area (Å²) in [4.78, 5) is 13.5. The van der Waals surface area contributed by atoms with Gasteiger partial charge in [0.1, 0.15) is 10.6 Å². The Kier molecular flexibility index (Phi) is 4.62. The Morgan fingerprint density at radius 3 is 2.30 bits per heavy atom. The SMILES string of the molecule is Cc1[nH]c(C(=O)O)c(C)c1S(=O)(=O)NCC(C)(C)CO. The van der Waals surface area contributed by atoms with Gasteiger partial charge in [-0.25, -0.2) is 17.9 Å². The second kappa shape index (κ2) is 5.55. The molecule has 1 aromatic heterocycles. The first-order valence-electron chi connectivity index (χ1n) is 6.05. The third kappa shape index (κ3) is 3.38. The summed E-state index contributed by atoms with van der Waals surface area (Å²) in [7, 11) is -3.83. The summed E-state index contributed by atoms with van der Waals surface area (Å²) in [6.07, 6.45) is 0. The molecular formula is C12H20N2O5S. The van der Waals surface area contributed by atoms with Gasteiger partial charge in [0.2, 0.25) is 10.0 Å². The molecule has 0 bridgehead atoms. The highest BCUT2D eigenvalue weighted by Crippen LogP contribution is 2.23. The molecule has 0 fully saturated rings. The number of aliphatic hydroxyl groups is 1. The monoisotopic (exact) mass is 304 g/mol. The van der Waals surface area contributed by atoms with Crippen LogP contribution in [0.5, 0.6) is 0 Å². The molecule has 0 unspecified atom stereocenters. The molecule has 0 aromatic carbocycles. The Morgan fingerprint density at radius 1 is 1.35 bits per heavy atom. The van der Waals surface area contributed by atoms with E-state index in [4.69, 9.17) is 10.2 Å². The van der Waals surface area contributed by atoms with Gasteiger partial charge in [-0.15, -0.1) is 0 Å². The molecule has 7 nitrogen and oxygen atoms in total. The van der Waals surface area contributed by atoms with Crippen molar-refractivity contribution in [2.75, 3.05) is 13.2 Å². The molecule has 0 aliphatic heterocycles.